The fourth-order valence-electron chi connectivity index (χ4n) is 2.25. The fourth-order valence-corrected chi connectivity index (χ4v) is 2.25. The minimum absolute atomic E-state index is 0.302. The highest BCUT2D eigenvalue weighted by molar-refractivity contribution is 5.93. The Labute approximate surface area is 141 Å². The Bertz CT molecular complexity index is 882. The molecule has 0 spiro atoms. The molecule has 1 heterocycles. The molecule has 0 fully saturated rings. The van der Waals surface area contributed by atoms with Crippen LogP contribution < -0.4 is 10.5 Å². The molecule has 1 aromatic heterocycles. The largest absolute Gasteiger partial charge is 0.457 e. The summed E-state index contributed by atoms with van der Waals surface area (Å²) in [6, 6.07) is 13.0. The molecule has 0 saturated heterocycles. The van der Waals surface area contributed by atoms with E-state index in [0.717, 1.165) is 23.4 Å². The van der Waals surface area contributed by atoms with Crippen molar-refractivity contribution < 1.29 is 22.7 Å². The number of benzene rings is 2. The Balaban J connectivity index is 1.73. The maximum atomic E-state index is 12.5. The minimum atomic E-state index is -4.38. The third-order valence-corrected chi connectivity index (χ3v) is 3.55. The van der Waals surface area contributed by atoms with Crippen LogP contribution in [0.15, 0.2) is 60.8 Å². The highest BCUT2D eigenvalue weighted by atomic mass is 19.4. The van der Waals surface area contributed by atoms with Crippen molar-refractivity contribution in [1.82, 2.24) is 4.98 Å². The number of primary amides is 1. The van der Waals surface area contributed by atoms with Gasteiger partial charge in [-0.3, -0.25) is 4.79 Å². The number of nitrogens with two attached hydrogens (primary N) is 1. The maximum Gasteiger partial charge on any atom is 0.416 e. The molecule has 3 rings (SSSR count). The third kappa shape index (κ3) is 3.82. The zero-order valence-electron chi connectivity index (χ0n) is 12.8. The molecule has 3 aromatic rings. The number of halogens is 3. The van der Waals surface area contributed by atoms with Crippen LogP contribution in [0.25, 0.3) is 11.3 Å². The second-order valence-corrected chi connectivity index (χ2v) is 5.31. The first-order valence-corrected chi connectivity index (χ1v) is 7.27. The fraction of sp³-hybridized carbons (Fsp3) is 0.0556. The number of hydrogen-bond acceptors (Lipinski definition) is 2. The summed E-state index contributed by atoms with van der Waals surface area (Å²) in [5, 5.41) is 0. The van der Waals surface area contributed by atoms with Gasteiger partial charge in [-0.05, 0) is 60.2 Å². The summed E-state index contributed by atoms with van der Waals surface area (Å²) in [5.74, 6) is 0.256. The molecular weight excluding hydrogens is 333 g/mol. The lowest BCUT2D eigenvalue weighted by atomic mass is 10.1. The van der Waals surface area contributed by atoms with Gasteiger partial charge in [0.25, 0.3) is 0 Å². The monoisotopic (exact) mass is 346 g/mol. The van der Waals surface area contributed by atoms with Crippen molar-refractivity contribution in [2.45, 2.75) is 6.18 Å². The number of nitrogens with one attached hydrogen (secondary N) is 1. The van der Waals surface area contributed by atoms with Crippen LogP contribution in [0.2, 0.25) is 0 Å². The lowest BCUT2D eigenvalue weighted by molar-refractivity contribution is -0.137. The summed E-state index contributed by atoms with van der Waals surface area (Å²) in [5.41, 5.74) is 6.38. The Morgan fingerprint density at radius 3 is 2.00 bits per heavy atom. The molecule has 3 N–H and O–H groups in total. The van der Waals surface area contributed by atoms with Crippen molar-refractivity contribution in [3.63, 3.8) is 0 Å². The van der Waals surface area contributed by atoms with Crippen LogP contribution in [-0.4, -0.2) is 10.9 Å². The molecular formula is C18H13F3N2O2. The molecule has 128 valence electrons. The third-order valence-electron chi connectivity index (χ3n) is 3.55. The van der Waals surface area contributed by atoms with Gasteiger partial charge in [0.1, 0.15) is 11.5 Å². The van der Waals surface area contributed by atoms with Crippen molar-refractivity contribution >= 4 is 5.91 Å². The SMILES string of the molecule is NC(=O)c1c[nH]c(-c2ccc(Oc3ccc(C(F)(F)F)cc3)cc2)c1. The van der Waals surface area contributed by atoms with Gasteiger partial charge < -0.3 is 15.5 Å². The molecule has 2 aromatic carbocycles. The predicted octanol–water partition coefficient (Wildman–Crippen LogP) is 4.59. The van der Waals surface area contributed by atoms with Crippen LogP contribution in [0.5, 0.6) is 11.5 Å². The Hall–Kier alpha value is -3.22. The topological polar surface area (TPSA) is 68.1 Å². The van der Waals surface area contributed by atoms with Gasteiger partial charge in [0.2, 0.25) is 5.91 Å². The zero-order valence-corrected chi connectivity index (χ0v) is 12.8. The lowest BCUT2D eigenvalue weighted by Gasteiger charge is -2.09. The first-order valence-electron chi connectivity index (χ1n) is 7.27. The van der Waals surface area contributed by atoms with Crippen LogP contribution >= 0.6 is 0 Å². The van der Waals surface area contributed by atoms with Gasteiger partial charge >= 0.3 is 6.18 Å². The summed E-state index contributed by atoms with van der Waals surface area (Å²) >= 11 is 0. The standard InChI is InChI=1S/C18H13F3N2O2/c19-18(20,21)13-3-7-15(8-4-13)25-14-5-1-11(2-6-14)16-9-12(10-23-16)17(22)24/h1-10,23H,(H2,22,24). The Morgan fingerprint density at radius 1 is 0.960 bits per heavy atom. The summed E-state index contributed by atoms with van der Waals surface area (Å²) in [6.07, 6.45) is -2.86. The zero-order chi connectivity index (χ0) is 18.0. The summed E-state index contributed by atoms with van der Waals surface area (Å²) in [6.45, 7) is 0. The summed E-state index contributed by atoms with van der Waals surface area (Å²) in [7, 11) is 0. The van der Waals surface area contributed by atoms with Crippen LogP contribution in [0, 0.1) is 0 Å². The van der Waals surface area contributed by atoms with Gasteiger partial charge in [0.15, 0.2) is 0 Å². The molecule has 1 amide bonds. The normalized spacial score (nSPS) is 11.3. The number of rotatable bonds is 4. The molecule has 4 nitrogen and oxygen atoms in total. The smallest absolute Gasteiger partial charge is 0.416 e. The van der Waals surface area contributed by atoms with E-state index in [9.17, 15) is 18.0 Å². The average molecular weight is 346 g/mol. The minimum Gasteiger partial charge on any atom is -0.457 e. The number of amides is 1. The van der Waals surface area contributed by atoms with Crippen molar-refractivity contribution in [3.05, 3.63) is 71.9 Å². The summed E-state index contributed by atoms with van der Waals surface area (Å²) < 4.78 is 43.1. The average Bonchev–Trinajstić information content (AvgIpc) is 3.05. The van der Waals surface area contributed by atoms with E-state index in [1.165, 1.54) is 18.3 Å². The molecule has 0 aliphatic heterocycles. The highest BCUT2D eigenvalue weighted by Crippen LogP contribution is 2.31. The molecule has 0 aliphatic rings. The van der Waals surface area contributed by atoms with Crippen LogP contribution in [0.4, 0.5) is 13.2 Å². The molecule has 25 heavy (non-hydrogen) atoms. The first-order chi connectivity index (χ1) is 11.8. The molecule has 0 aliphatic carbocycles. The van der Waals surface area contributed by atoms with E-state index in [0.29, 0.717) is 17.1 Å². The number of H-pyrrole nitrogens is 1. The molecule has 0 bridgehead atoms. The Morgan fingerprint density at radius 2 is 1.52 bits per heavy atom. The lowest BCUT2D eigenvalue weighted by Crippen LogP contribution is -2.09. The van der Waals surface area contributed by atoms with Gasteiger partial charge in [0, 0.05) is 11.9 Å². The molecule has 7 heteroatoms. The number of carbonyl (C=O) groups excluding carboxylic acids is 1. The van der Waals surface area contributed by atoms with Crippen LogP contribution in [-0.2, 0) is 6.18 Å². The number of carbonyl (C=O) groups is 1. The van der Waals surface area contributed by atoms with E-state index in [2.05, 4.69) is 4.98 Å². The number of alkyl halides is 3. The second kappa shape index (κ2) is 6.35. The van der Waals surface area contributed by atoms with Gasteiger partial charge in [-0.2, -0.15) is 13.2 Å². The Kier molecular flexibility index (Phi) is 4.22. The van der Waals surface area contributed by atoms with Crippen molar-refractivity contribution in [1.29, 1.82) is 0 Å². The first kappa shape index (κ1) is 16.6. The maximum absolute atomic E-state index is 12.5. The van der Waals surface area contributed by atoms with E-state index < -0.39 is 17.6 Å². The van der Waals surface area contributed by atoms with E-state index in [1.54, 1.807) is 30.3 Å². The summed E-state index contributed by atoms with van der Waals surface area (Å²) in [4.78, 5) is 14.0. The highest BCUT2D eigenvalue weighted by Gasteiger charge is 2.30. The second-order valence-electron chi connectivity index (χ2n) is 5.31. The molecule has 0 atom stereocenters. The van der Waals surface area contributed by atoms with Gasteiger partial charge in [-0.25, -0.2) is 0 Å². The number of hydrogen-bond donors (Lipinski definition) is 2. The van der Waals surface area contributed by atoms with E-state index in [4.69, 9.17) is 10.5 Å². The number of aromatic nitrogens is 1. The van der Waals surface area contributed by atoms with Crippen molar-refractivity contribution in [2.24, 2.45) is 5.73 Å². The van der Waals surface area contributed by atoms with E-state index >= 15 is 0 Å². The van der Waals surface area contributed by atoms with E-state index in [1.807, 2.05) is 0 Å². The number of ether oxygens (including phenoxy) is 1. The quantitative estimate of drug-likeness (QED) is 0.725. The predicted molar refractivity (Wildman–Crippen MR) is 86.3 cm³/mol. The molecule has 0 unspecified atom stereocenters. The van der Waals surface area contributed by atoms with Gasteiger partial charge in [-0.15, -0.1) is 0 Å². The van der Waals surface area contributed by atoms with Crippen molar-refractivity contribution in [3.8, 4) is 22.8 Å². The molecule has 0 radical (unpaired) electrons. The van der Waals surface area contributed by atoms with Crippen LogP contribution in [0.3, 0.4) is 0 Å². The van der Waals surface area contributed by atoms with Gasteiger partial charge in [0.05, 0.1) is 11.1 Å². The van der Waals surface area contributed by atoms with Crippen molar-refractivity contribution in [2.75, 3.05) is 0 Å². The van der Waals surface area contributed by atoms with Crippen LogP contribution in [0.1, 0.15) is 15.9 Å². The number of aromatic amines is 1. The molecule has 0 saturated carbocycles. The van der Waals surface area contributed by atoms with E-state index in [-0.39, 0.29) is 0 Å². The van der Waals surface area contributed by atoms with Gasteiger partial charge in [-0.1, -0.05) is 0 Å².